The Morgan fingerprint density at radius 1 is 1.00 bits per heavy atom. The summed E-state index contributed by atoms with van der Waals surface area (Å²) in [4.78, 5) is 32.6. The third-order valence-corrected chi connectivity index (χ3v) is 3.30. The van der Waals surface area contributed by atoms with E-state index in [1.165, 1.54) is 43.3 Å². The van der Waals surface area contributed by atoms with Crippen LogP contribution in [0.5, 0.6) is 0 Å². The van der Waals surface area contributed by atoms with Crippen molar-refractivity contribution in [2.45, 2.75) is 6.92 Å². The molecule has 0 amide bonds. The second-order valence-electron chi connectivity index (χ2n) is 4.57. The van der Waals surface area contributed by atoms with Gasteiger partial charge < -0.3 is 10.2 Å². The van der Waals surface area contributed by atoms with Gasteiger partial charge in [0.25, 0.3) is 5.69 Å². The molecule has 0 heterocycles. The molecule has 0 saturated carbocycles. The first-order valence-corrected chi connectivity index (χ1v) is 6.18. The highest BCUT2D eigenvalue weighted by Crippen LogP contribution is 2.29. The molecular weight excluding hydrogens is 290 g/mol. The molecular formula is C15H11NO6. The lowest BCUT2D eigenvalue weighted by Gasteiger charge is -2.11. The summed E-state index contributed by atoms with van der Waals surface area (Å²) in [6.45, 7) is 1.42. The zero-order chi connectivity index (χ0) is 16.4. The molecule has 2 aromatic rings. The van der Waals surface area contributed by atoms with Crippen LogP contribution in [0.3, 0.4) is 0 Å². The molecule has 112 valence electrons. The smallest absolute Gasteiger partial charge is 0.336 e. The van der Waals surface area contributed by atoms with Crippen molar-refractivity contribution in [3.63, 3.8) is 0 Å². The zero-order valence-corrected chi connectivity index (χ0v) is 11.4. The highest BCUT2D eigenvalue weighted by molar-refractivity contribution is 6.02. The van der Waals surface area contributed by atoms with Crippen LogP contribution in [0.4, 0.5) is 5.69 Å². The molecule has 0 radical (unpaired) electrons. The Morgan fingerprint density at radius 3 is 2.05 bits per heavy atom. The molecule has 0 aliphatic rings. The summed E-state index contributed by atoms with van der Waals surface area (Å²) < 4.78 is 0. The maximum Gasteiger partial charge on any atom is 0.336 e. The first kappa shape index (κ1) is 15.2. The number of nitrogens with zero attached hydrogens (tertiary/aromatic N) is 1. The number of carboxylic acid groups (broad SMARTS) is 2. The lowest BCUT2D eigenvalue weighted by molar-refractivity contribution is -0.384. The van der Waals surface area contributed by atoms with Gasteiger partial charge >= 0.3 is 11.9 Å². The standard InChI is InChI=1S/C15H11NO6/c1-8-11(14(17)18)6-7-12(13(8)15(19)20)9-2-4-10(5-3-9)16(21)22/h2-7H,1H3,(H,17,18)(H,19,20). The molecule has 7 nitrogen and oxygen atoms in total. The topological polar surface area (TPSA) is 118 Å². The van der Waals surface area contributed by atoms with Crippen LogP contribution < -0.4 is 0 Å². The van der Waals surface area contributed by atoms with Gasteiger partial charge in [0.2, 0.25) is 0 Å². The quantitative estimate of drug-likeness (QED) is 0.662. The number of hydrogen-bond donors (Lipinski definition) is 2. The van der Waals surface area contributed by atoms with Crippen LogP contribution in [0.1, 0.15) is 26.3 Å². The summed E-state index contributed by atoms with van der Waals surface area (Å²) >= 11 is 0. The van der Waals surface area contributed by atoms with E-state index in [1.807, 2.05) is 0 Å². The number of non-ortho nitro benzene ring substituents is 1. The molecule has 2 aromatic carbocycles. The second-order valence-corrected chi connectivity index (χ2v) is 4.57. The minimum absolute atomic E-state index is 0.0944. The monoisotopic (exact) mass is 301 g/mol. The lowest BCUT2D eigenvalue weighted by Crippen LogP contribution is -2.09. The number of nitro benzene ring substituents is 1. The Hall–Kier alpha value is -3.22. The van der Waals surface area contributed by atoms with E-state index in [0.29, 0.717) is 11.1 Å². The summed E-state index contributed by atoms with van der Waals surface area (Å²) in [7, 11) is 0. The van der Waals surface area contributed by atoms with Gasteiger partial charge in [-0.05, 0) is 41.8 Å². The van der Waals surface area contributed by atoms with Crippen LogP contribution in [0.15, 0.2) is 36.4 Å². The van der Waals surface area contributed by atoms with E-state index < -0.39 is 16.9 Å². The highest BCUT2D eigenvalue weighted by atomic mass is 16.6. The Bertz CT molecular complexity index is 779. The average Bonchev–Trinajstić information content (AvgIpc) is 2.46. The average molecular weight is 301 g/mol. The second kappa shape index (κ2) is 5.65. The zero-order valence-electron chi connectivity index (χ0n) is 11.4. The number of nitro groups is 1. The van der Waals surface area contributed by atoms with Gasteiger partial charge in [-0.2, -0.15) is 0 Å². The lowest BCUT2D eigenvalue weighted by atomic mass is 9.92. The predicted molar refractivity (Wildman–Crippen MR) is 77.2 cm³/mol. The molecule has 2 N–H and O–H groups in total. The van der Waals surface area contributed by atoms with E-state index in [2.05, 4.69) is 0 Å². The van der Waals surface area contributed by atoms with Crippen LogP contribution in [-0.4, -0.2) is 27.1 Å². The number of carboxylic acids is 2. The van der Waals surface area contributed by atoms with Gasteiger partial charge in [0, 0.05) is 12.1 Å². The van der Waals surface area contributed by atoms with Crippen LogP contribution in [-0.2, 0) is 0 Å². The Kier molecular flexibility index (Phi) is 3.89. The number of carbonyl (C=O) groups is 2. The number of aromatic carboxylic acids is 2. The molecule has 2 rings (SSSR count). The van der Waals surface area contributed by atoms with Crippen molar-refractivity contribution in [1.82, 2.24) is 0 Å². The van der Waals surface area contributed by atoms with E-state index in [4.69, 9.17) is 5.11 Å². The summed E-state index contributed by atoms with van der Waals surface area (Å²) in [6.07, 6.45) is 0. The van der Waals surface area contributed by atoms with Crippen molar-refractivity contribution in [2.75, 3.05) is 0 Å². The maximum atomic E-state index is 11.5. The predicted octanol–water partition coefficient (Wildman–Crippen LogP) is 2.97. The molecule has 0 aliphatic heterocycles. The number of hydrogen-bond acceptors (Lipinski definition) is 4. The summed E-state index contributed by atoms with van der Waals surface area (Å²) in [5, 5.41) is 29.1. The van der Waals surface area contributed by atoms with Gasteiger partial charge in [-0.15, -0.1) is 0 Å². The minimum Gasteiger partial charge on any atom is -0.478 e. The van der Waals surface area contributed by atoms with Gasteiger partial charge in [-0.1, -0.05) is 6.07 Å². The fourth-order valence-corrected chi connectivity index (χ4v) is 2.22. The van der Waals surface area contributed by atoms with Gasteiger partial charge in [0.1, 0.15) is 0 Å². The SMILES string of the molecule is Cc1c(C(=O)O)ccc(-c2ccc([N+](=O)[O-])cc2)c1C(=O)O. The molecule has 0 fully saturated rings. The highest BCUT2D eigenvalue weighted by Gasteiger charge is 2.20. The van der Waals surface area contributed by atoms with Crippen LogP contribution in [0.25, 0.3) is 11.1 Å². The molecule has 0 bridgehead atoms. The molecule has 0 saturated heterocycles. The summed E-state index contributed by atoms with van der Waals surface area (Å²) in [5.74, 6) is -2.47. The third-order valence-electron chi connectivity index (χ3n) is 3.30. The van der Waals surface area contributed by atoms with E-state index in [1.54, 1.807) is 0 Å². The van der Waals surface area contributed by atoms with Crippen molar-refractivity contribution >= 4 is 17.6 Å². The third kappa shape index (κ3) is 2.64. The molecule has 0 spiro atoms. The van der Waals surface area contributed by atoms with Crippen molar-refractivity contribution < 1.29 is 24.7 Å². The van der Waals surface area contributed by atoms with Crippen LogP contribution >= 0.6 is 0 Å². The molecule has 22 heavy (non-hydrogen) atoms. The van der Waals surface area contributed by atoms with E-state index in [0.717, 1.165) is 0 Å². The minimum atomic E-state index is -1.26. The van der Waals surface area contributed by atoms with Gasteiger partial charge in [0.05, 0.1) is 16.1 Å². The molecule has 0 atom stereocenters. The molecule has 0 unspecified atom stereocenters. The van der Waals surface area contributed by atoms with Crippen molar-refractivity contribution in [1.29, 1.82) is 0 Å². The molecule has 7 heteroatoms. The molecule has 0 aliphatic carbocycles. The van der Waals surface area contributed by atoms with Gasteiger partial charge in [-0.3, -0.25) is 10.1 Å². The summed E-state index contributed by atoms with van der Waals surface area (Å²) in [5.41, 5.74) is 0.570. The number of rotatable bonds is 4. The van der Waals surface area contributed by atoms with Crippen molar-refractivity contribution in [3.05, 3.63) is 63.2 Å². The van der Waals surface area contributed by atoms with E-state index in [9.17, 15) is 24.8 Å². The first-order valence-electron chi connectivity index (χ1n) is 6.18. The van der Waals surface area contributed by atoms with Crippen molar-refractivity contribution in [2.24, 2.45) is 0 Å². The van der Waals surface area contributed by atoms with Crippen LogP contribution in [0, 0.1) is 17.0 Å². The largest absolute Gasteiger partial charge is 0.478 e. The Labute approximate surface area is 124 Å². The van der Waals surface area contributed by atoms with Gasteiger partial charge in [0.15, 0.2) is 0 Å². The van der Waals surface area contributed by atoms with Gasteiger partial charge in [-0.25, -0.2) is 9.59 Å². The molecule has 0 aromatic heterocycles. The normalized spacial score (nSPS) is 10.2. The van der Waals surface area contributed by atoms with E-state index in [-0.39, 0.29) is 22.4 Å². The fourth-order valence-electron chi connectivity index (χ4n) is 2.22. The maximum absolute atomic E-state index is 11.5. The first-order chi connectivity index (χ1) is 10.3. The number of benzene rings is 2. The van der Waals surface area contributed by atoms with E-state index >= 15 is 0 Å². The van der Waals surface area contributed by atoms with Crippen molar-refractivity contribution in [3.8, 4) is 11.1 Å². The Morgan fingerprint density at radius 2 is 1.59 bits per heavy atom. The fraction of sp³-hybridized carbons (Fsp3) is 0.0667. The van der Waals surface area contributed by atoms with Crippen LogP contribution in [0.2, 0.25) is 0 Å². The Balaban J connectivity index is 2.65. The summed E-state index contributed by atoms with van der Waals surface area (Å²) in [6, 6.07) is 8.10.